The minimum absolute atomic E-state index is 0. The summed E-state index contributed by atoms with van der Waals surface area (Å²) >= 11 is 0. The van der Waals surface area contributed by atoms with Gasteiger partial charge in [0.1, 0.15) is 0 Å². The van der Waals surface area contributed by atoms with Gasteiger partial charge in [0.05, 0.1) is 12.1 Å². The van der Waals surface area contributed by atoms with Crippen molar-refractivity contribution in [3.05, 3.63) is 0 Å². The molecule has 3 N–H and O–H groups in total. The molecule has 0 heterocycles. The Morgan fingerprint density at radius 2 is 2.00 bits per heavy atom. The number of nitrogens with zero attached hydrogens (tertiary/aromatic N) is 1. The average Bonchev–Trinajstić information content (AvgIpc) is 3.19. The van der Waals surface area contributed by atoms with E-state index < -0.39 is 0 Å². The van der Waals surface area contributed by atoms with Gasteiger partial charge < -0.3 is 15.8 Å². The Balaban J connectivity index is 0.00000180. The normalized spacial score (nSPS) is 22.7. The number of aliphatic imine (C=N–C) groups is 1. The van der Waals surface area contributed by atoms with Crippen LogP contribution in [0.5, 0.6) is 0 Å². The Morgan fingerprint density at radius 1 is 1.32 bits per heavy atom. The number of halogens is 1. The van der Waals surface area contributed by atoms with Crippen LogP contribution in [0.3, 0.4) is 0 Å². The molecule has 0 amide bonds. The molecule has 2 aliphatic rings. The van der Waals surface area contributed by atoms with Gasteiger partial charge in [0.15, 0.2) is 5.96 Å². The Morgan fingerprint density at radius 3 is 2.58 bits per heavy atom. The van der Waals surface area contributed by atoms with Gasteiger partial charge in [-0.25, -0.2) is 0 Å². The van der Waals surface area contributed by atoms with E-state index in [0.29, 0.717) is 12.0 Å². The molecule has 0 atom stereocenters. The molecular formula is C14H28IN3O. The molecule has 2 aliphatic carbocycles. The van der Waals surface area contributed by atoms with Crippen molar-refractivity contribution in [3.8, 4) is 0 Å². The molecule has 0 bridgehead atoms. The minimum Gasteiger partial charge on any atom is -0.373 e. The van der Waals surface area contributed by atoms with Gasteiger partial charge >= 0.3 is 0 Å². The molecule has 0 unspecified atom stereocenters. The summed E-state index contributed by atoms with van der Waals surface area (Å²) < 4.78 is 6.10. The van der Waals surface area contributed by atoms with E-state index in [4.69, 9.17) is 10.5 Å². The summed E-state index contributed by atoms with van der Waals surface area (Å²) in [5.74, 6) is 0.600. The third-order valence-corrected chi connectivity index (χ3v) is 3.84. The van der Waals surface area contributed by atoms with Crippen LogP contribution in [-0.4, -0.2) is 30.8 Å². The number of nitrogens with two attached hydrogens (primary N) is 1. The molecule has 2 fully saturated rings. The fourth-order valence-corrected chi connectivity index (χ4v) is 2.57. The van der Waals surface area contributed by atoms with Crippen molar-refractivity contribution in [2.75, 3.05) is 13.2 Å². The summed E-state index contributed by atoms with van der Waals surface area (Å²) in [6.07, 6.45) is 9.64. The molecule has 19 heavy (non-hydrogen) atoms. The van der Waals surface area contributed by atoms with Crippen LogP contribution in [0.1, 0.15) is 58.3 Å². The lowest BCUT2D eigenvalue weighted by atomic mass is 9.84. The summed E-state index contributed by atoms with van der Waals surface area (Å²) in [5.41, 5.74) is 5.87. The van der Waals surface area contributed by atoms with Crippen molar-refractivity contribution in [1.29, 1.82) is 0 Å². The first kappa shape index (κ1) is 17.0. The SMILES string of the molecule is CCCOC1(CN=C(N)NC2CC2)CCCCC1.I. The van der Waals surface area contributed by atoms with Gasteiger partial charge in [0, 0.05) is 12.6 Å². The van der Waals surface area contributed by atoms with Crippen molar-refractivity contribution in [1.82, 2.24) is 5.32 Å². The number of ether oxygens (including phenoxy) is 1. The first-order valence-electron chi connectivity index (χ1n) is 7.44. The Labute approximate surface area is 134 Å². The molecular weight excluding hydrogens is 353 g/mol. The van der Waals surface area contributed by atoms with Gasteiger partial charge in [-0.05, 0) is 32.1 Å². The topological polar surface area (TPSA) is 59.6 Å². The fraction of sp³-hybridized carbons (Fsp3) is 0.929. The van der Waals surface area contributed by atoms with Crippen molar-refractivity contribution in [2.45, 2.75) is 69.9 Å². The van der Waals surface area contributed by atoms with E-state index in [9.17, 15) is 0 Å². The van der Waals surface area contributed by atoms with Crippen LogP contribution in [0.2, 0.25) is 0 Å². The molecule has 0 saturated heterocycles. The molecule has 112 valence electrons. The van der Waals surface area contributed by atoms with Gasteiger partial charge in [-0.1, -0.05) is 26.2 Å². The van der Waals surface area contributed by atoms with E-state index in [2.05, 4.69) is 17.2 Å². The van der Waals surface area contributed by atoms with Crippen molar-refractivity contribution in [3.63, 3.8) is 0 Å². The third kappa shape index (κ3) is 5.85. The molecule has 0 spiro atoms. The van der Waals surface area contributed by atoms with Gasteiger partial charge in [0.25, 0.3) is 0 Å². The second-order valence-electron chi connectivity index (χ2n) is 5.71. The maximum atomic E-state index is 6.10. The second kappa shape index (κ2) is 8.29. The summed E-state index contributed by atoms with van der Waals surface area (Å²) in [5, 5.41) is 3.24. The largest absolute Gasteiger partial charge is 0.373 e. The van der Waals surface area contributed by atoms with Gasteiger partial charge in [0.2, 0.25) is 0 Å². The maximum Gasteiger partial charge on any atom is 0.188 e. The number of guanidine groups is 1. The smallest absolute Gasteiger partial charge is 0.188 e. The summed E-state index contributed by atoms with van der Waals surface area (Å²) in [6, 6.07) is 0.576. The van der Waals surface area contributed by atoms with Crippen molar-refractivity contribution < 1.29 is 4.74 Å². The first-order valence-corrected chi connectivity index (χ1v) is 7.44. The molecule has 0 aromatic carbocycles. The molecule has 2 rings (SSSR count). The number of hydrogen-bond donors (Lipinski definition) is 2. The van der Waals surface area contributed by atoms with Crippen LogP contribution in [0.25, 0.3) is 0 Å². The van der Waals surface area contributed by atoms with Crippen LogP contribution in [0.4, 0.5) is 0 Å². The highest BCUT2D eigenvalue weighted by atomic mass is 127. The van der Waals surface area contributed by atoms with Gasteiger partial charge in [-0.3, -0.25) is 4.99 Å². The van der Waals surface area contributed by atoms with E-state index in [1.54, 1.807) is 0 Å². The Hall–Kier alpha value is -0.0400. The van der Waals surface area contributed by atoms with Crippen LogP contribution in [-0.2, 0) is 4.74 Å². The molecule has 0 aromatic heterocycles. The molecule has 2 saturated carbocycles. The van der Waals surface area contributed by atoms with Crippen molar-refractivity contribution >= 4 is 29.9 Å². The molecule has 4 nitrogen and oxygen atoms in total. The standard InChI is InChI=1S/C14H27N3O.HI/c1-2-10-18-14(8-4-3-5-9-14)11-16-13(15)17-12-6-7-12;/h12H,2-11H2,1H3,(H3,15,16,17);1H. The zero-order valence-electron chi connectivity index (χ0n) is 12.0. The van der Waals surface area contributed by atoms with Crippen LogP contribution in [0.15, 0.2) is 4.99 Å². The highest BCUT2D eigenvalue weighted by Gasteiger charge is 2.32. The first-order chi connectivity index (χ1) is 8.74. The third-order valence-electron chi connectivity index (χ3n) is 3.84. The van der Waals surface area contributed by atoms with Gasteiger partial charge in [-0.15, -0.1) is 24.0 Å². The number of nitrogens with one attached hydrogen (secondary N) is 1. The Bertz CT molecular complexity index is 286. The second-order valence-corrected chi connectivity index (χ2v) is 5.71. The summed E-state index contributed by atoms with van der Waals surface area (Å²) in [6.45, 7) is 3.72. The van der Waals surface area contributed by atoms with Gasteiger partial charge in [-0.2, -0.15) is 0 Å². The highest BCUT2D eigenvalue weighted by Crippen LogP contribution is 2.32. The highest BCUT2D eigenvalue weighted by molar-refractivity contribution is 14.0. The predicted molar refractivity (Wildman–Crippen MR) is 90.1 cm³/mol. The summed E-state index contributed by atoms with van der Waals surface area (Å²) in [4.78, 5) is 4.51. The molecule has 5 heteroatoms. The molecule has 0 aromatic rings. The minimum atomic E-state index is -0.0376. The monoisotopic (exact) mass is 381 g/mol. The van der Waals surface area contributed by atoms with E-state index in [1.165, 1.54) is 32.1 Å². The van der Waals surface area contributed by atoms with E-state index in [0.717, 1.165) is 32.4 Å². The maximum absolute atomic E-state index is 6.10. The fourth-order valence-electron chi connectivity index (χ4n) is 2.57. The van der Waals surface area contributed by atoms with Crippen molar-refractivity contribution in [2.24, 2.45) is 10.7 Å². The lowest BCUT2D eigenvalue weighted by Crippen LogP contribution is -2.41. The zero-order chi connectivity index (χ0) is 12.8. The zero-order valence-corrected chi connectivity index (χ0v) is 14.3. The van der Waals surface area contributed by atoms with Crippen LogP contribution < -0.4 is 11.1 Å². The lowest BCUT2D eigenvalue weighted by molar-refractivity contribution is -0.0624. The van der Waals surface area contributed by atoms with E-state index in [1.807, 2.05) is 0 Å². The van der Waals surface area contributed by atoms with Crippen LogP contribution >= 0.6 is 24.0 Å². The molecule has 0 radical (unpaired) electrons. The molecule has 0 aliphatic heterocycles. The van der Waals surface area contributed by atoms with E-state index >= 15 is 0 Å². The average molecular weight is 381 g/mol. The Kier molecular flexibility index (Phi) is 7.42. The van der Waals surface area contributed by atoms with E-state index in [-0.39, 0.29) is 29.6 Å². The van der Waals surface area contributed by atoms with Crippen LogP contribution in [0, 0.1) is 0 Å². The quantitative estimate of drug-likeness (QED) is 0.423. The number of rotatable bonds is 6. The summed E-state index contributed by atoms with van der Waals surface area (Å²) in [7, 11) is 0. The predicted octanol–water partition coefficient (Wildman–Crippen LogP) is 2.80. The number of hydrogen-bond acceptors (Lipinski definition) is 2. The lowest BCUT2D eigenvalue weighted by Gasteiger charge is -2.36.